The van der Waals surface area contributed by atoms with Gasteiger partial charge in [0.15, 0.2) is 0 Å². The molecule has 124 valence electrons. The van der Waals surface area contributed by atoms with Gasteiger partial charge in [0.05, 0.1) is 5.41 Å². The van der Waals surface area contributed by atoms with Crippen molar-refractivity contribution in [3.05, 3.63) is 64.7 Å². The number of fused-ring (bicyclic) bond motifs is 1. The summed E-state index contributed by atoms with van der Waals surface area (Å²) in [6.45, 7) is 3.99. The van der Waals surface area contributed by atoms with Crippen molar-refractivity contribution >= 4 is 17.6 Å². The highest BCUT2D eigenvalue weighted by Crippen LogP contribution is 2.40. The van der Waals surface area contributed by atoms with Gasteiger partial charge in [0, 0.05) is 12.1 Å². The number of hydrogen-bond donors (Lipinski definition) is 2. The summed E-state index contributed by atoms with van der Waals surface area (Å²) in [7, 11) is 0. The van der Waals surface area contributed by atoms with Crippen molar-refractivity contribution < 1.29 is 14.7 Å². The zero-order valence-electron chi connectivity index (χ0n) is 13.9. The second-order valence-corrected chi connectivity index (χ2v) is 6.73. The van der Waals surface area contributed by atoms with Gasteiger partial charge in [-0.2, -0.15) is 0 Å². The van der Waals surface area contributed by atoms with E-state index in [1.54, 1.807) is 0 Å². The zero-order chi connectivity index (χ0) is 17.3. The Hall–Kier alpha value is -2.62. The van der Waals surface area contributed by atoms with Crippen LogP contribution in [-0.4, -0.2) is 17.0 Å². The maximum Gasteiger partial charge on any atom is 0.310 e. The summed E-state index contributed by atoms with van der Waals surface area (Å²) in [6, 6.07) is 13.4. The van der Waals surface area contributed by atoms with Gasteiger partial charge in [-0.15, -0.1) is 0 Å². The van der Waals surface area contributed by atoms with Crippen LogP contribution < -0.4 is 5.32 Å². The number of rotatable bonds is 4. The quantitative estimate of drug-likeness (QED) is 0.905. The van der Waals surface area contributed by atoms with Crippen LogP contribution in [0.3, 0.4) is 0 Å². The first-order valence-electron chi connectivity index (χ1n) is 8.07. The maximum atomic E-state index is 12.5. The van der Waals surface area contributed by atoms with Crippen LogP contribution in [-0.2, 0) is 22.4 Å². The molecule has 3 rings (SSSR count). The van der Waals surface area contributed by atoms with E-state index >= 15 is 0 Å². The van der Waals surface area contributed by atoms with Gasteiger partial charge >= 0.3 is 5.97 Å². The van der Waals surface area contributed by atoms with Crippen LogP contribution >= 0.6 is 0 Å². The summed E-state index contributed by atoms with van der Waals surface area (Å²) in [6.07, 6.45) is 0.779. The lowest BCUT2D eigenvalue weighted by molar-refractivity contribution is -0.150. The van der Waals surface area contributed by atoms with Crippen LogP contribution in [0.25, 0.3) is 0 Å². The predicted molar refractivity (Wildman–Crippen MR) is 93.1 cm³/mol. The Morgan fingerprint density at radius 2 is 1.67 bits per heavy atom. The van der Waals surface area contributed by atoms with E-state index in [-0.39, 0.29) is 12.3 Å². The van der Waals surface area contributed by atoms with E-state index in [1.807, 2.05) is 56.3 Å². The Labute approximate surface area is 141 Å². The summed E-state index contributed by atoms with van der Waals surface area (Å²) in [4.78, 5) is 24.3. The normalized spacial score (nSPS) is 14.9. The standard InChI is InChI=1S/C20H21NO3/c1-13-7-8-17(9-14(13)2)21-18(22)12-20(19(23)24)10-15-5-3-4-6-16(15)11-20/h3-9H,10-12H2,1-2H3,(H,21,22)(H,23,24). The predicted octanol–water partition coefficient (Wildman–Crippen LogP) is 3.50. The molecule has 1 aliphatic carbocycles. The number of benzene rings is 2. The number of hydrogen-bond acceptors (Lipinski definition) is 2. The van der Waals surface area contributed by atoms with Crippen molar-refractivity contribution in [2.45, 2.75) is 33.1 Å². The molecule has 4 heteroatoms. The summed E-state index contributed by atoms with van der Waals surface area (Å²) >= 11 is 0. The van der Waals surface area contributed by atoms with Crippen LogP contribution in [0.5, 0.6) is 0 Å². The molecule has 2 aromatic carbocycles. The number of carbonyl (C=O) groups is 2. The number of nitrogens with one attached hydrogen (secondary N) is 1. The van der Waals surface area contributed by atoms with Gasteiger partial charge in [-0.25, -0.2) is 0 Å². The summed E-state index contributed by atoms with van der Waals surface area (Å²) in [5.74, 6) is -1.16. The van der Waals surface area contributed by atoms with Crippen LogP contribution in [0.15, 0.2) is 42.5 Å². The molecule has 0 fully saturated rings. The average Bonchev–Trinajstić information content (AvgIpc) is 2.90. The average molecular weight is 323 g/mol. The molecule has 4 nitrogen and oxygen atoms in total. The minimum absolute atomic E-state index is 0.0239. The fourth-order valence-electron chi connectivity index (χ4n) is 3.38. The number of carboxylic acid groups (broad SMARTS) is 1. The molecule has 0 unspecified atom stereocenters. The smallest absolute Gasteiger partial charge is 0.310 e. The molecule has 24 heavy (non-hydrogen) atoms. The van der Waals surface area contributed by atoms with Crippen LogP contribution in [0.2, 0.25) is 0 Å². The van der Waals surface area contributed by atoms with Crippen molar-refractivity contribution in [1.29, 1.82) is 0 Å². The van der Waals surface area contributed by atoms with E-state index in [0.717, 1.165) is 22.3 Å². The molecule has 2 aromatic rings. The van der Waals surface area contributed by atoms with E-state index in [2.05, 4.69) is 5.32 Å². The Balaban J connectivity index is 1.76. The van der Waals surface area contributed by atoms with Crippen molar-refractivity contribution in [2.24, 2.45) is 5.41 Å². The molecule has 0 saturated carbocycles. The van der Waals surface area contributed by atoms with E-state index in [4.69, 9.17) is 0 Å². The van der Waals surface area contributed by atoms with Gasteiger partial charge in [-0.05, 0) is 61.1 Å². The molecular formula is C20H21NO3. The second-order valence-electron chi connectivity index (χ2n) is 6.73. The molecule has 0 bridgehead atoms. The molecule has 0 saturated heterocycles. The summed E-state index contributed by atoms with van der Waals surface area (Å²) in [5, 5.41) is 12.6. The largest absolute Gasteiger partial charge is 0.481 e. The number of carbonyl (C=O) groups excluding carboxylic acids is 1. The van der Waals surface area contributed by atoms with Gasteiger partial charge < -0.3 is 10.4 Å². The molecule has 1 amide bonds. The van der Waals surface area contributed by atoms with E-state index in [9.17, 15) is 14.7 Å². The van der Waals surface area contributed by atoms with Crippen LogP contribution in [0.4, 0.5) is 5.69 Å². The van der Waals surface area contributed by atoms with Gasteiger partial charge in [0.25, 0.3) is 0 Å². The Morgan fingerprint density at radius 3 is 2.21 bits per heavy atom. The van der Waals surface area contributed by atoms with Gasteiger partial charge in [0.1, 0.15) is 0 Å². The van der Waals surface area contributed by atoms with Crippen LogP contribution in [0.1, 0.15) is 28.7 Å². The van der Waals surface area contributed by atoms with Crippen molar-refractivity contribution in [1.82, 2.24) is 0 Å². The highest BCUT2D eigenvalue weighted by Gasteiger charge is 2.45. The fraction of sp³-hybridized carbons (Fsp3) is 0.300. The fourth-order valence-corrected chi connectivity index (χ4v) is 3.38. The molecule has 2 N–H and O–H groups in total. The first kappa shape index (κ1) is 16.2. The molecule has 0 radical (unpaired) electrons. The molecule has 0 spiro atoms. The van der Waals surface area contributed by atoms with Crippen molar-refractivity contribution in [2.75, 3.05) is 5.32 Å². The SMILES string of the molecule is Cc1ccc(NC(=O)CC2(C(=O)O)Cc3ccccc3C2)cc1C. The number of anilines is 1. The zero-order valence-corrected chi connectivity index (χ0v) is 13.9. The second kappa shape index (κ2) is 6.11. The third-order valence-corrected chi connectivity index (χ3v) is 4.92. The third kappa shape index (κ3) is 3.04. The molecule has 1 aliphatic rings. The molecule has 0 aromatic heterocycles. The lowest BCUT2D eigenvalue weighted by Crippen LogP contribution is -2.36. The first-order valence-corrected chi connectivity index (χ1v) is 8.07. The summed E-state index contributed by atoms with van der Waals surface area (Å²) < 4.78 is 0. The lowest BCUT2D eigenvalue weighted by atomic mass is 9.81. The highest BCUT2D eigenvalue weighted by atomic mass is 16.4. The maximum absolute atomic E-state index is 12.5. The molecule has 0 atom stereocenters. The topological polar surface area (TPSA) is 66.4 Å². The van der Waals surface area contributed by atoms with Gasteiger partial charge in [-0.3, -0.25) is 9.59 Å². The molecular weight excluding hydrogens is 302 g/mol. The van der Waals surface area contributed by atoms with Crippen LogP contribution in [0, 0.1) is 19.3 Å². The van der Waals surface area contributed by atoms with Gasteiger partial charge in [0.2, 0.25) is 5.91 Å². The number of aliphatic carboxylic acids is 1. The van der Waals surface area contributed by atoms with E-state index in [1.165, 1.54) is 0 Å². The monoisotopic (exact) mass is 323 g/mol. The lowest BCUT2D eigenvalue weighted by Gasteiger charge is -2.23. The van der Waals surface area contributed by atoms with E-state index < -0.39 is 11.4 Å². The number of aryl methyl sites for hydroxylation is 2. The van der Waals surface area contributed by atoms with Crippen molar-refractivity contribution in [3.63, 3.8) is 0 Å². The molecule has 0 aliphatic heterocycles. The minimum atomic E-state index is -1.05. The Kier molecular flexibility index (Phi) is 4.14. The Bertz CT molecular complexity index is 785. The third-order valence-electron chi connectivity index (χ3n) is 4.92. The molecule has 0 heterocycles. The first-order chi connectivity index (χ1) is 11.4. The Morgan fingerprint density at radius 1 is 1.04 bits per heavy atom. The van der Waals surface area contributed by atoms with Gasteiger partial charge in [-0.1, -0.05) is 30.3 Å². The highest BCUT2D eigenvalue weighted by molar-refractivity contribution is 5.95. The number of amides is 1. The number of carboxylic acids is 1. The minimum Gasteiger partial charge on any atom is -0.481 e. The summed E-state index contributed by atoms with van der Waals surface area (Å²) in [5.41, 5.74) is 3.96. The van der Waals surface area contributed by atoms with Crippen molar-refractivity contribution in [3.8, 4) is 0 Å². The van der Waals surface area contributed by atoms with E-state index in [0.29, 0.717) is 18.5 Å².